The molecule has 0 amide bonds. The minimum absolute atomic E-state index is 0.159. The van der Waals surface area contributed by atoms with Gasteiger partial charge < -0.3 is 15.1 Å². The highest BCUT2D eigenvalue weighted by Gasteiger charge is 2.24. The highest BCUT2D eigenvalue weighted by molar-refractivity contribution is 5.92. The predicted molar refractivity (Wildman–Crippen MR) is 99.4 cm³/mol. The van der Waals surface area contributed by atoms with Gasteiger partial charge in [-0.1, -0.05) is 12.1 Å². The second-order valence-corrected chi connectivity index (χ2v) is 6.49. The second kappa shape index (κ2) is 6.72. The van der Waals surface area contributed by atoms with Crippen molar-refractivity contribution in [3.05, 3.63) is 54.2 Å². The van der Waals surface area contributed by atoms with Crippen LogP contribution in [0.5, 0.6) is 0 Å². The minimum atomic E-state index is -0.977. The van der Waals surface area contributed by atoms with Crippen molar-refractivity contribution in [3.63, 3.8) is 0 Å². The molecule has 1 saturated heterocycles. The number of benzene rings is 2. The summed E-state index contributed by atoms with van der Waals surface area (Å²) in [5.74, 6) is -0.977. The molecule has 2 N–H and O–H groups in total. The molecule has 1 fully saturated rings. The molecule has 1 aliphatic heterocycles. The van der Waals surface area contributed by atoms with Gasteiger partial charge in [-0.25, -0.2) is 9.78 Å². The van der Waals surface area contributed by atoms with Gasteiger partial charge in [-0.05, 0) is 43.2 Å². The second-order valence-electron chi connectivity index (χ2n) is 6.49. The number of aliphatic hydroxyl groups excluding tert-OH is 1. The summed E-state index contributed by atoms with van der Waals surface area (Å²) >= 11 is 0. The first-order chi connectivity index (χ1) is 12.7. The van der Waals surface area contributed by atoms with Gasteiger partial charge in [0.25, 0.3) is 0 Å². The standard InChI is InChI=1S/C20H19N3O3/c24-12-16-5-2-8-23(16)15-4-1-3-13(9-15)19-11-21-18-10-14(20(25)26)6-7-17(18)22-19/h1,3-4,6-7,9-11,16,24H,2,5,8,12H2,(H,25,26). The van der Waals surface area contributed by atoms with Crippen molar-refractivity contribution < 1.29 is 15.0 Å². The third-order valence-corrected chi connectivity index (χ3v) is 4.85. The molecule has 2 heterocycles. The van der Waals surface area contributed by atoms with Gasteiger partial charge in [-0.3, -0.25) is 4.98 Å². The summed E-state index contributed by atoms with van der Waals surface area (Å²) in [5.41, 5.74) is 4.18. The van der Waals surface area contributed by atoms with Crippen LogP contribution in [0.2, 0.25) is 0 Å². The van der Waals surface area contributed by atoms with Crippen molar-refractivity contribution in [1.29, 1.82) is 0 Å². The fraction of sp³-hybridized carbons (Fsp3) is 0.250. The van der Waals surface area contributed by atoms with E-state index in [1.54, 1.807) is 12.3 Å². The van der Waals surface area contributed by atoms with Gasteiger partial charge >= 0.3 is 5.97 Å². The molecule has 6 nitrogen and oxygen atoms in total. The summed E-state index contributed by atoms with van der Waals surface area (Å²) in [6.07, 6.45) is 3.75. The number of aromatic nitrogens is 2. The average Bonchev–Trinajstić information content (AvgIpc) is 3.16. The molecule has 132 valence electrons. The topological polar surface area (TPSA) is 86.5 Å². The molecule has 26 heavy (non-hydrogen) atoms. The molecular weight excluding hydrogens is 330 g/mol. The number of rotatable bonds is 4. The third-order valence-electron chi connectivity index (χ3n) is 4.85. The first-order valence-corrected chi connectivity index (χ1v) is 8.64. The van der Waals surface area contributed by atoms with E-state index < -0.39 is 5.97 Å². The van der Waals surface area contributed by atoms with E-state index in [2.05, 4.69) is 20.9 Å². The van der Waals surface area contributed by atoms with E-state index in [9.17, 15) is 9.90 Å². The Labute approximate surface area is 150 Å². The first kappa shape index (κ1) is 16.5. The van der Waals surface area contributed by atoms with Crippen molar-refractivity contribution in [3.8, 4) is 11.3 Å². The number of aliphatic hydroxyl groups is 1. The van der Waals surface area contributed by atoms with E-state index in [0.29, 0.717) is 11.0 Å². The Kier molecular flexibility index (Phi) is 4.26. The maximum Gasteiger partial charge on any atom is 0.335 e. The molecular formula is C20H19N3O3. The van der Waals surface area contributed by atoms with Gasteiger partial charge in [-0.2, -0.15) is 0 Å². The summed E-state index contributed by atoms with van der Waals surface area (Å²) in [7, 11) is 0. The van der Waals surface area contributed by atoms with Crippen LogP contribution in [0, 0.1) is 0 Å². The lowest BCUT2D eigenvalue weighted by molar-refractivity contribution is 0.0697. The van der Waals surface area contributed by atoms with E-state index in [0.717, 1.165) is 36.3 Å². The molecule has 0 bridgehead atoms. The number of hydrogen-bond acceptors (Lipinski definition) is 5. The van der Waals surface area contributed by atoms with E-state index in [-0.39, 0.29) is 18.2 Å². The molecule has 1 unspecified atom stereocenters. The summed E-state index contributed by atoms with van der Waals surface area (Å²) in [6, 6.07) is 13.0. The Bertz CT molecular complexity index is 973. The number of hydrogen-bond donors (Lipinski definition) is 2. The van der Waals surface area contributed by atoms with E-state index >= 15 is 0 Å². The molecule has 0 saturated carbocycles. The van der Waals surface area contributed by atoms with Gasteiger partial charge in [-0.15, -0.1) is 0 Å². The third kappa shape index (κ3) is 2.99. The largest absolute Gasteiger partial charge is 0.478 e. The zero-order chi connectivity index (χ0) is 18.1. The highest BCUT2D eigenvalue weighted by atomic mass is 16.4. The summed E-state index contributed by atoms with van der Waals surface area (Å²) < 4.78 is 0. The highest BCUT2D eigenvalue weighted by Crippen LogP contribution is 2.29. The molecule has 1 aromatic heterocycles. The van der Waals surface area contributed by atoms with Gasteiger partial charge in [0.1, 0.15) is 0 Å². The summed E-state index contributed by atoms with van der Waals surface area (Å²) in [4.78, 5) is 22.3. The molecule has 4 rings (SSSR count). The molecule has 1 aliphatic rings. The van der Waals surface area contributed by atoms with Crippen LogP contribution in [0.1, 0.15) is 23.2 Å². The van der Waals surface area contributed by atoms with Gasteiger partial charge in [0, 0.05) is 17.8 Å². The van der Waals surface area contributed by atoms with Crippen LogP contribution >= 0.6 is 0 Å². The lowest BCUT2D eigenvalue weighted by Gasteiger charge is -2.25. The molecule has 6 heteroatoms. The fourth-order valence-corrected chi connectivity index (χ4v) is 3.49. The molecule has 0 spiro atoms. The Morgan fingerprint density at radius 3 is 2.88 bits per heavy atom. The smallest absolute Gasteiger partial charge is 0.335 e. The number of carbonyl (C=O) groups is 1. The van der Waals surface area contributed by atoms with Crippen LogP contribution < -0.4 is 4.90 Å². The van der Waals surface area contributed by atoms with Crippen molar-refractivity contribution in [1.82, 2.24) is 9.97 Å². The molecule has 2 aromatic carbocycles. The van der Waals surface area contributed by atoms with Crippen molar-refractivity contribution >= 4 is 22.7 Å². The Morgan fingerprint density at radius 1 is 1.19 bits per heavy atom. The zero-order valence-electron chi connectivity index (χ0n) is 14.2. The van der Waals surface area contributed by atoms with E-state index in [1.165, 1.54) is 12.1 Å². The number of nitrogens with zero attached hydrogens (tertiary/aromatic N) is 3. The van der Waals surface area contributed by atoms with Gasteiger partial charge in [0.15, 0.2) is 0 Å². The van der Waals surface area contributed by atoms with Gasteiger partial charge in [0.2, 0.25) is 0 Å². The Hall–Kier alpha value is -2.99. The summed E-state index contributed by atoms with van der Waals surface area (Å²) in [5, 5.41) is 18.6. The average molecular weight is 349 g/mol. The SMILES string of the molecule is O=C(O)c1ccc2nc(-c3cccc(N4CCCC4CO)c3)cnc2c1. The van der Waals surface area contributed by atoms with Crippen molar-refractivity contribution in [2.45, 2.75) is 18.9 Å². The number of aromatic carboxylic acids is 1. The zero-order valence-corrected chi connectivity index (χ0v) is 14.2. The van der Waals surface area contributed by atoms with E-state index in [1.807, 2.05) is 18.2 Å². The lowest BCUT2D eigenvalue weighted by Crippen LogP contribution is -2.31. The van der Waals surface area contributed by atoms with Crippen LogP contribution in [0.3, 0.4) is 0 Å². The fourth-order valence-electron chi connectivity index (χ4n) is 3.49. The summed E-state index contributed by atoms with van der Waals surface area (Å²) in [6.45, 7) is 1.10. The monoisotopic (exact) mass is 349 g/mol. The quantitative estimate of drug-likeness (QED) is 0.753. The lowest BCUT2D eigenvalue weighted by atomic mass is 10.1. The molecule has 0 radical (unpaired) electrons. The normalized spacial score (nSPS) is 17.0. The Balaban J connectivity index is 1.70. The number of carboxylic acid groups (broad SMARTS) is 1. The number of fused-ring (bicyclic) bond motifs is 1. The van der Waals surface area contributed by atoms with Crippen LogP contribution in [0.15, 0.2) is 48.7 Å². The minimum Gasteiger partial charge on any atom is -0.478 e. The molecule has 0 aliphatic carbocycles. The predicted octanol–water partition coefficient (Wildman–Crippen LogP) is 2.96. The van der Waals surface area contributed by atoms with Crippen molar-refractivity contribution in [2.75, 3.05) is 18.1 Å². The Morgan fingerprint density at radius 2 is 2.08 bits per heavy atom. The van der Waals surface area contributed by atoms with Gasteiger partial charge in [0.05, 0.1) is 41.1 Å². The van der Waals surface area contributed by atoms with Crippen molar-refractivity contribution in [2.24, 2.45) is 0 Å². The molecule has 3 aromatic rings. The van der Waals surface area contributed by atoms with E-state index in [4.69, 9.17) is 5.11 Å². The van der Waals surface area contributed by atoms with Crippen LogP contribution in [0.4, 0.5) is 5.69 Å². The molecule has 1 atom stereocenters. The van der Waals surface area contributed by atoms with Crippen LogP contribution in [-0.2, 0) is 0 Å². The number of carboxylic acids is 1. The van der Waals surface area contributed by atoms with Crippen LogP contribution in [0.25, 0.3) is 22.3 Å². The maximum absolute atomic E-state index is 11.1. The maximum atomic E-state index is 11.1. The first-order valence-electron chi connectivity index (χ1n) is 8.64. The number of anilines is 1. The van der Waals surface area contributed by atoms with Crippen LogP contribution in [-0.4, -0.2) is 45.3 Å².